The average molecular weight is 358 g/mol. The van der Waals surface area contributed by atoms with Crippen molar-refractivity contribution in [3.8, 4) is 28.4 Å². The first-order valence-corrected chi connectivity index (χ1v) is 9.12. The summed E-state index contributed by atoms with van der Waals surface area (Å²) in [6.07, 6.45) is 5.32. The van der Waals surface area contributed by atoms with Gasteiger partial charge in [0.15, 0.2) is 0 Å². The molecule has 0 bridgehead atoms. The Bertz CT molecular complexity index is 1030. The van der Waals surface area contributed by atoms with Gasteiger partial charge in [-0.15, -0.1) is 0 Å². The van der Waals surface area contributed by atoms with Gasteiger partial charge in [0.25, 0.3) is 0 Å². The molecule has 0 aliphatic carbocycles. The van der Waals surface area contributed by atoms with Crippen LogP contribution >= 0.6 is 0 Å². The molecule has 2 aromatic carbocycles. The van der Waals surface area contributed by atoms with Gasteiger partial charge >= 0.3 is 0 Å². The molecular formula is C22H22N4O. The fourth-order valence-corrected chi connectivity index (χ4v) is 3.37. The Hall–Kier alpha value is -3.34. The maximum absolute atomic E-state index is 9.97. The molecule has 0 saturated heterocycles. The molecule has 0 radical (unpaired) electrons. The lowest BCUT2D eigenvalue weighted by molar-refractivity contribution is 0.466. The first-order valence-electron chi connectivity index (χ1n) is 9.12. The number of H-pyrrole nitrogens is 1. The molecule has 4 aromatic rings. The second-order valence-corrected chi connectivity index (χ2v) is 6.61. The lowest BCUT2D eigenvalue weighted by Gasteiger charge is -2.10. The van der Waals surface area contributed by atoms with Crippen molar-refractivity contribution in [1.82, 2.24) is 19.5 Å². The zero-order chi connectivity index (χ0) is 18.6. The molecule has 2 heterocycles. The Morgan fingerprint density at radius 3 is 2.48 bits per heavy atom. The quantitative estimate of drug-likeness (QED) is 0.530. The molecule has 0 aliphatic heterocycles. The summed E-state index contributed by atoms with van der Waals surface area (Å²) in [6, 6.07) is 17.7. The molecule has 136 valence electrons. The van der Waals surface area contributed by atoms with Crippen molar-refractivity contribution in [2.24, 2.45) is 0 Å². The molecule has 2 aromatic heterocycles. The van der Waals surface area contributed by atoms with Gasteiger partial charge in [0, 0.05) is 17.8 Å². The van der Waals surface area contributed by atoms with Crippen LogP contribution in [-0.4, -0.2) is 24.6 Å². The van der Waals surface area contributed by atoms with Crippen LogP contribution in [0.1, 0.15) is 17.7 Å². The summed E-state index contributed by atoms with van der Waals surface area (Å²) in [5.74, 6) is 0.358. The van der Waals surface area contributed by atoms with Gasteiger partial charge in [-0.25, -0.2) is 9.97 Å². The topological polar surface area (TPSA) is 66.7 Å². The summed E-state index contributed by atoms with van der Waals surface area (Å²) in [5.41, 5.74) is 5.96. The van der Waals surface area contributed by atoms with Crippen molar-refractivity contribution in [2.45, 2.75) is 26.3 Å². The molecule has 0 saturated carbocycles. The van der Waals surface area contributed by atoms with Crippen LogP contribution in [0.3, 0.4) is 0 Å². The largest absolute Gasteiger partial charge is 0.508 e. The number of imidazole rings is 2. The number of aryl methyl sites for hydroxylation is 3. The highest BCUT2D eigenvalue weighted by Gasteiger charge is 2.18. The highest BCUT2D eigenvalue weighted by molar-refractivity contribution is 5.77. The molecule has 4 rings (SSSR count). The zero-order valence-corrected chi connectivity index (χ0v) is 15.3. The van der Waals surface area contributed by atoms with E-state index in [-0.39, 0.29) is 0 Å². The van der Waals surface area contributed by atoms with Crippen LogP contribution in [0.5, 0.6) is 5.75 Å². The van der Waals surface area contributed by atoms with E-state index in [1.807, 2.05) is 49.6 Å². The van der Waals surface area contributed by atoms with Crippen LogP contribution in [-0.2, 0) is 13.0 Å². The number of aromatic hydroxyl groups is 1. The highest BCUT2D eigenvalue weighted by atomic mass is 16.3. The standard InChI is InChI=1S/C22H22N4O/c1-16-20(24-14-23-16)22-21(18-9-3-2-4-10-18)25-15-26(22)13-7-11-17-8-5-6-12-19(17)27/h2-6,8-10,12,14-15,27H,7,11,13H2,1H3,(H,23,24). The molecule has 5 heteroatoms. The van der Waals surface area contributed by atoms with E-state index in [9.17, 15) is 5.11 Å². The van der Waals surface area contributed by atoms with Gasteiger partial charge in [0.05, 0.1) is 24.0 Å². The van der Waals surface area contributed by atoms with Gasteiger partial charge in [0.1, 0.15) is 11.4 Å². The summed E-state index contributed by atoms with van der Waals surface area (Å²) < 4.78 is 2.16. The van der Waals surface area contributed by atoms with Gasteiger partial charge in [-0.1, -0.05) is 48.5 Å². The van der Waals surface area contributed by atoms with E-state index >= 15 is 0 Å². The smallest absolute Gasteiger partial charge is 0.118 e. The van der Waals surface area contributed by atoms with Gasteiger partial charge in [-0.3, -0.25) is 0 Å². The molecule has 0 atom stereocenters. The van der Waals surface area contributed by atoms with Crippen molar-refractivity contribution in [3.63, 3.8) is 0 Å². The number of hydrogen-bond donors (Lipinski definition) is 2. The SMILES string of the molecule is Cc1[nH]cnc1-c1c(-c2ccccc2)ncn1CCCc1ccccc1O. The van der Waals surface area contributed by atoms with Crippen LogP contribution in [0.25, 0.3) is 22.6 Å². The molecular weight excluding hydrogens is 336 g/mol. The molecule has 27 heavy (non-hydrogen) atoms. The van der Waals surface area contributed by atoms with E-state index in [1.165, 1.54) is 0 Å². The number of para-hydroxylation sites is 1. The number of rotatable bonds is 6. The summed E-state index contributed by atoms with van der Waals surface area (Å²) in [4.78, 5) is 12.4. The van der Waals surface area contributed by atoms with E-state index in [0.717, 1.165) is 53.3 Å². The Kier molecular flexibility index (Phi) is 4.75. The Morgan fingerprint density at radius 1 is 0.963 bits per heavy atom. The van der Waals surface area contributed by atoms with Crippen LogP contribution in [0.4, 0.5) is 0 Å². The van der Waals surface area contributed by atoms with Crippen molar-refractivity contribution in [2.75, 3.05) is 0 Å². The fourth-order valence-electron chi connectivity index (χ4n) is 3.37. The number of aromatic amines is 1. The fraction of sp³-hybridized carbons (Fsp3) is 0.182. The predicted molar refractivity (Wildman–Crippen MR) is 106 cm³/mol. The van der Waals surface area contributed by atoms with Gasteiger partial charge in [0.2, 0.25) is 0 Å². The summed E-state index contributed by atoms with van der Waals surface area (Å²) in [5, 5.41) is 9.97. The normalized spacial score (nSPS) is 11.0. The first kappa shape index (κ1) is 17.1. The number of phenols is 1. The van der Waals surface area contributed by atoms with Crippen LogP contribution in [0.15, 0.2) is 67.3 Å². The Balaban J connectivity index is 1.64. The summed E-state index contributed by atoms with van der Waals surface area (Å²) >= 11 is 0. The Morgan fingerprint density at radius 2 is 1.74 bits per heavy atom. The molecule has 0 spiro atoms. The van der Waals surface area contributed by atoms with Crippen molar-refractivity contribution < 1.29 is 5.11 Å². The highest BCUT2D eigenvalue weighted by Crippen LogP contribution is 2.31. The van der Waals surface area contributed by atoms with Gasteiger partial charge < -0.3 is 14.7 Å². The molecule has 0 unspecified atom stereocenters. The monoisotopic (exact) mass is 358 g/mol. The lowest BCUT2D eigenvalue weighted by atomic mass is 10.1. The number of hydrogen-bond acceptors (Lipinski definition) is 3. The van der Waals surface area contributed by atoms with Crippen LogP contribution in [0, 0.1) is 6.92 Å². The molecule has 5 nitrogen and oxygen atoms in total. The van der Waals surface area contributed by atoms with E-state index in [4.69, 9.17) is 0 Å². The molecule has 0 aliphatic rings. The molecule has 0 amide bonds. The maximum Gasteiger partial charge on any atom is 0.118 e. The average Bonchev–Trinajstić information content (AvgIpc) is 3.29. The van der Waals surface area contributed by atoms with E-state index in [2.05, 4.69) is 31.7 Å². The van der Waals surface area contributed by atoms with Gasteiger partial charge in [-0.05, 0) is 31.4 Å². The zero-order valence-electron chi connectivity index (χ0n) is 15.3. The number of phenolic OH excluding ortho intramolecular Hbond substituents is 1. The van der Waals surface area contributed by atoms with Crippen molar-refractivity contribution >= 4 is 0 Å². The molecule has 2 N–H and O–H groups in total. The minimum Gasteiger partial charge on any atom is -0.508 e. The minimum atomic E-state index is 0.358. The molecule has 0 fully saturated rings. The number of nitrogens with zero attached hydrogens (tertiary/aromatic N) is 3. The van der Waals surface area contributed by atoms with E-state index in [1.54, 1.807) is 12.4 Å². The third kappa shape index (κ3) is 3.49. The second-order valence-electron chi connectivity index (χ2n) is 6.61. The van der Waals surface area contributed by atoms with Crippen molar-refractivity contribution in [1.29, 1.82) is 0 Å². The second kappa shape index (κ2) is 7.50. The number of benzene rings is 2. The third-order valence-corrected chi connectivity index (χ3v) is 4.78. The minimum absolute atomic E-state index is 0.358. The summed E-state index contributed by atoms with van der Waals surface area (Å²) in [6.45, 7) is 2.83. The first-order chi connectivity index (χ1) is 13.2. The van der Waals surface area contributed by atoms with Crippen LogP contribution in [0.2, 0.25) is 0 Å². The van der Waals surface area contributed by atoms with Crippen LogP contribution < -0.4 is 0 Å². The van der Waals surface area contributed by atoms with E-state index in [0.29, 0.717) is 5.75 Å². The van der Waals surface area contributed by atoms with Crippen molar-refractivity contribution in [3.05, 3.63) is 78.5 Å². The van der Waals surface area contributed by atoms with Gasteiger partial charge in [-0.2, -0.15) is 0 Å². The Labute approximate surface area is 158 Å². The summed E-state index contributed by atoms with van der Waals surface area (Å²) in [7, 11) is 0. The maximum atomic E-state index is 9.97. The number of aromatic nitrogens is 4. The van der Waals surface area contributed by atoms with E-state index < -0.39 is 0 Å². The predicted octanol–water partition coefficient (Wildman–Crippen LogP) is 4.59. The lowest BCUT2D eigenvalue weighted by Crippen LogP contribution is -2.02. The number of nitrogens with one attached hydrogen (secondary N) is 1. The third-order valence-electron chi connectivity index (χ3n) is 4.78.